The fourth-order valence-electron chi connectivity index (χ4n) is 3.47. The Morgan fingerprint density at radius 1 is 1.23 bits per heavy atom. The summed E-state index contributed by atoms with van der Waals surface area (Å²) >= 11 is 3.46. The second-order valence-corrected chi connectivity index (χ2v) is 7.54. The first-order valence-electron chi connectivity index (χ1n) is 8.95. The minimum absolute atomic E-state index is 0.278. The van der Waals surface area contributed by atoms with Crippen molar-refractivity contribution in [2.24, 2.45) is 0 Å². The summed E-state index contributed by atoms with van der Waals surface area (Å²) in [6.07, 6.45) is 2.91. The van der Waals surface area contributed by atoms with Crippen LogP contribution in [0.2, 0.25) is 0 Å². The van der Waals surface area contributed by atoms with Gasteiger partial charge in [-0.15, -0.1) is 0 Å². The molecule has 0 aliphatic heterocycles. The Kier molecular flexibility index (Phi) is 4.83. The van der Waals surface area contributed by atoms with Crippen molar-refractivity contribution in [2.75, 3.05) is 5.32 Å². The Labute approximate surface area is 161 Å². The molecule has 0 saturated carbocycles. The summed E-state index contributed by atoms with van der Waals surface area (Å²) in [5.41, 5.74) is 5.35. The number of halogens is 1. The number of aromatic nitrogens is 1. The Hall–Kier alpha value is -2.11. The first-order chi connectivity index (χ1) is 12.6. The number of benzene rings is 2. The Bertz CT molecular complexity index is 918. The van der Waals surface area contributed by atoms with Gasteiger partial charge in [-0.25, -0.2) is 0 Å². The highest BCUT2D eigenvalue weighted by Gasteiger charge is 2.21. The first kappa shape index (κ1) is 17.3. The van der Waals surface area contributed by atoms with Crippen LogP contribution < -0.4 is 5.32 Å². The van der Waals surface area contributed by atoms with Crippen LogP contribution in [0.3, 0.4) is 0 Å². The highest BCUT2D eigenvalue weighted by molar-refractivity contribution is 9.10. The van der Waals surface area contributed by atoms with Gasteiger partial charge >= 0.3 is 0 Å². The molecule has 26 heavy (non-hydrogen) atoms. The van der Waals surface area contributed by atoms with Gasteiger partial charge in [0.2, 0.25) is 0 Å². The average Bonchev–Trinajstić information content (AvgIpc) is 3.06. The van der Waals surface area contributed by atoms with Crippen LogP contribution >= 0.6 is 15.9 Å². The zero-order valence-corrected chi connectivity index (χ0v) is 16.2. The molecule has 0 spiro atoms. The van der Waals surface area contributed by atoms with Crippen molar-refractivity contribution in [1.29, 1.82) is 0 Å². The maximum absolute atomic E-state index is 10.0. The molecule has 0 saturated heterocycles. The summed E-state index contributed by atoms with van der Waals surface area (Å²) in [5.74, 6) is 0.798. The third-order valence-electron chi connectivity index (χ3n) is 4.84. The Morgan fingerprint density at radius 2 is 2.04 bits per heavy atom. The monoisotopic (exact) mass is 412 g/mol. The van der Waals surface area contributed by atoms with Gasteiger partial charge in [-0.05, 0) is 48.6 Å². The van der Waals surface area contributed by atoms with Gasteiger partial charge in [0, 0.05) is 22.1 Å². The number of fused-ring (bicyclic) bond motifs is 1. The summed E-state index contributed by atoms with van der Waals surface area (Å²) in [6.45, 7) is 2.07. The van der Waals surface area contributed by atoms with Crippen molar-refractivity contribution < 1.29 is 9.52 Å². The van der Waals surface area contributed by atoms with Gasteiger partial charge < -0.3 is 14.8 Å². The molecule has 4 rings (SSSR count). The van der Waals surface area contributed by atoms with E-state index >= 15 is 0 Å². The van der Waals surface area contributed by atoms with E-state index in [1.165, 1.54) is 5.56 Å². The van der Waals surface area contributed by atoms with E-state index < -0.39 is 0 Å². The molecule has 1 atom stereocenters. The average molecular weight is 413 g/mol. The minimum Gasteiger partial charge on any atom is -0.423 e. The van der Waals surface area contributed by atoms with Crippen molar-refractivity contribution in [2.45, 2.75) is 38.7 Å². The van der Waals surface area contributed by atoms with Gasteiger partial charge in [0.25, 0.3) is 6.01 Å². The largest absolute Gasteiger partial charge is 0.423 e. The van der Waals surface area contributed by atoms with Crippen LogP contribution in [0, 0.1) is 0 Å². The van der Waals surface area contributed by atoms with Crippen molar-refractivity contribution in [3.8, 4) is 11.3 Å². The number of anilines is 2. The standard InChI is InChI=1S/C21H21BrN2O2/c1-2-18-20(14-6-9-15(22)10-7-14)26-21(23-18)24-19-5-3-4-13-8-11-16(25)12-17(13)19/h3-7,9-10,16,25H,2,8,11-12H2,1H3,(H,23,24)/t16-/m0/s1. The predicted octanol–water partition coefficient (Wildman–Crippen LogP) is 5.26. The maximum Gasteiger partial charge on any atom is 0.299 e. The van der Waals surface area contributed by atoms with Crippen LogP contribution in [-0.4, -0.2) is 16.2 Å². The lowest BCUT2D eigenvalue weighted by molar-refractivity contribution is 0.159. The van der Waals surface area contributed by atoms with E-state index in [0.717, 1.165) is 52.0 Å². The zero-order chi connectivity index (χ0) is 18.1. The van der Waals surface area contributed by atoms with E-state index in [0.29, 0.717) is 12.4 Å². The smallest absolute Gasteiger partial charge is 0.299 e. The van der Waals surface area contributed by atoms with Crippen molar-refractivity contribution in [3.05, 3.63) is 63.8 Å². The first-order valence-corrected chi connectivity index (χ1v) is 9.75. The summed E-state index contributed by atoms with van der Waals surface area (Å²) in [5, 5.41) is 13.4. The summed E-state index contributed by atoms with van der Waals surface area (Å²) < 4.78 is 7.09. The van der Waals surface area contributed by atoms with Crippen LogP contribution in [0.15, 0.2) is 51.4 Å². The number of hydrogen-bond acceptors (Lipinski definition) is 4. The molecule has 0 bridgehead atoms. The van der Waals surface area contributed by atoms with Crippen molar-refractivity contribution in [3.63, 3.8) is 0 Å². The summed E-state index contributed by atoms with van der Waals surface area (Å²) in [7, 11) is 0. The van der Waals surface area contributed by atoms with Gasteiger partial charge in [-0.2, -0.15) is 4.98 Å². The molecule has 1 aromatic heterocycles. The highest BCUT2D eigenvalue weighted by atomic mass is 79.9. The molecule has 2 N–H and O–H groups in total. The van der Waals surface area contributed by atoms with Crippen LogP contribution in [0.25, 0.3) is 11.3 Å². The number of rotatable bonds is 4. The maximum atomic E-state index is 10.0. The van der Waals surface area contributed by atoms with E-state index in [4.69, 9.17) is 4.42 Å². The molecule has 1 heterocycles. The van der Waals surface area contributed by atoms with E-state index in [1.54, 1.807) is 0 Å². The molecule has 1 aliphatic carbocycles. The van der Waals surface area contributed by atoms with E-state index in [-0.39, 0.29) is 6.10 Å². The summed E-state index contributed by atoms with van der Waals surface area (Å²) in [6, 6.07) is 14.7. The van der Waals surface area contributed by atoms with Crippen molar-refractivity contribution in [1.82, 2.24) is 4.98 Å². The molecular formula is C21H21BrN2O2. The lowest BCUT2D eigenvalue weighted by Gasteiger charge is -2.23. The molecule has 134 valence electrons. The van der Waals surface area contributed by atoms with Crippen LogP contribution in [0.5, 0.6) is 0 Å². The highest BCUT2D eigenvalue weighted by Crippen LogP contribution is 2.33. The SMILES string of the molecule is CCc1nc(Nc2cccc3c2C[C@@H](O)CC3)oc1-c1ccc(Br)cc1. The third-order valence-corrected chi connectivity index (χ3v) is 5.37. The van der Waals surface area contributed by atoms with Crippen LogP contribution in [-0.2, 0) is 19.3 Å². The number of aryl methyl sites for hydroxylation is 2. The number of aliphatic hydroxyl groups is 1. The van der Waals surface area contributed by atoms with E-state index in [9.17, 15) is 5.11 Å². The predicted molar refractivity (Wildman–Crippen MR) is 107 cm³/mol. The zero-order valence-electron chi connectivity index (χ0n) is 14.6. The Balaban J connectivity index is 1.67. The molecule has 0 amide bonds. The van der Waals surface area contributed by atoms with Gasteiger partial charge in [-0.1, -0.05) is 47.1 Å². The van der Waals surface area contributed by atoms with Gasteiger partial charge in [0.05, 0.1) is 11.8 Å². The van der Waals surface area contributed by atoms with E-state index in [1.807, 2.05) is 36.4 Å². The molecule has 0 fully saturated rings. The third kappa shape index (κ3) is 3.41. The lowest BCUT2D eigenvalue weighted by Crippen LogP contribution is -2.19. The Morgan fingerprint density at radius 3 is 2.81 bits per heavy atom. The molecule has 2 aromatic carbocycles. The molecular weight excluding hydrogens is 392 g/mol. The molecule has 5 heteroatoms. The quantitative estimate of drug-likeness (QED) is 0.613. The van der Waals surface area contributed by atoms with Crippen LogP contribution in [0.1, 0.15) is 30.2 Å². The molecule has 0 unspecified atom stereocenters. The normalized spacial score (nSPS) is 16.3. The molecule has 3 aromatic rings. The number of nitrogens with zero attached hydrogens (tertiary/aromatic N) is 1. The fraction of sp³-hybridized carbons (Fsp3) is 0.286. The van der Waals surface area contributed by atoms with Gasteiger partial charge in [0.1, 0.15) is 0 Å². The minimum atomic E-state index is -0.278. The molecule has 1 aliphatic rings. The number of oxazole rings is 1. The van der Waals surface area contributed by atoms with Crippen molar-refractivity contribution >= 4 is 27.6 Å². The molecule has 4 nitrogen and oxygen atoms in total. The lowest BCUT2D eigenvalue weighted by atomic mass is 9.88. The van der Waals surface area contributed by atoms with E-state index in [2.05, 4.69) is 39.2 Å². The number of hydrogen-bond donors (Lipinski definition) is 2. The number of aliphatic hydroxyl groups excluding tert-OH is 1. The number of nitrogens with one attached hydrogen (secondary N) is 1. The molecule has 0 radical (unpaired) electrons. The summed E-state index contributed by atoms with van der Waals surface area (Å²) in [4.78, 5) is 4.64. The van der Waals surface area contributed by atoms with Gasteiger partial charge in [-0.3, -0.25) is 0 Å². The topological polar surface area (TPSA) is 58.3 Å². The second kappa shape index (κ2) is 7.25. The fourth-order valence-corrected chi connectivity index (χ4v) is 3.74. The van der Waals surface area contributed by atoms with Crippen LogP contribution in [0.4, 0.5) is 11.7 Å². The second-order valence-electron chi connectivity index (χ2n) is 6.62. The van der Waals surface area contributed by atoms with Gasteiger partial charge in [0.15, 0.2) is 5.76 Å².